The fourth-order valence-corrected chi connectivity index (χ4v) is 3.05. The van der Waals surface area contributed by atoms with Crippen LogP contribution in [0.15, 0.2) is 28.6 Å². The Balaban J connectivity index is 1.92. The summed E-state index contributed by atoms with van der Waals surface area (Å²) in [6, 6.07) is 3.21. The van der Waals surface area contributed by atoms with Gasteiger partial charge in [0.1, 0.15) is 11.9 Å². The minimum atomic E-state index is -0.845. The molecule has 22 heavy (non-hydrogen) atoms. The Morgan fingerprint density at radius 3 is 2.82 bits per heavy atom. The highest BCUT2D eigenvalue weighted by Gasteiger charge is 2.28. The number of fused-ring (bicyclic) bond motifs is 1. The topological polar surface area (TPSA) is 68.2 Å². The van der Waals surface area contributed by atoms with E-state index in [1.807, 2.05) is 4.90 Å². The van der Waals surface area contributed by atoms with Crippen molar-refractivity contribution < 1.29 is 24.1 Å². The summed E-state index contributed by atoms with van der Waals surface area (Å²) in [4.78, 5) is 13.7. The molecule has 1 aromatic rings. The number of ether oxygens (including phenoxy) is 3. The Morgan fingerprint density at radius 2 is 2.14 bits per heavy atom. The Morgan fingerprint density at radius 1 is 1.41 bits per heavy atom. The lowest BCUT2D eigenvalue weighted by Crippen LogP contribution is -2.38. The second kappa shape index (κ2) is 6.28. The van der Waals surface area contributed by atoms with Crippen LogP contribution in [-0.4, -0.2) is 49.4 Å². The zero-order valence-electron chi connectivity index (χ0n) is 12.0. The standard InChI is InChI=1S/C15H16BrNO5/c1-20-15(19)9-6-10-12(18)8-13(17-2-4-21-5-3-17)22-14(10)11(16)7-9/h6-8,12,18H,2-5H2,1H3. The van der Waals surface area contributed by atoms with Crippen LogP contribution in [-0.2, 0) is 9.47 Å². The number of aliphatic hydroxyl groups is 1. The fraction of sp³-hybridized carbons (Fsp3) is 0.400. The monoisotopic (exact) mass is 369 g/mol. The number of nitrogens with zero attached hydrogens (tertiary/aromatic N) is 1. The molecule has 1 atom stereocenters. The molecule has 0 aromatic heterocycles. The molecule has 1 saturated heterocycles. The molecular formula is C15H16BrNO5. The van der Waals surface area contributed by atoms with Crippen LogP contribution < -0.4 is 4.74 Å². The van der Waals surface area contributed by atoms with E-state index < -0.39 is 12.1 Å². The summed E-state index contributed by atoms with van der Waals surface area (Å²) in [5, 5.41) is 10.4. The van der Waals surface area contributed by atoms with Crippen molar-refractivity contribution in [1.82, 2.24) is 4.90 Å². The number of esters is 1. The van der Waals surface area contributed by atoms with Crippen molar-refractivity contribution >= 4 is 21.9 Å². The molecule has 0 saturated carbocycles. The van der Waals surface area contributed by atoms with Crippen LogP contribution in [0.1, 0.15) is 22.0 Å². The van der Waals surface area contributed by atoms with Crippen LogP contribution in [0.3, 0.4) is 0 Å². The van der Waals surface area contributed by atoms with Crippen LogP contribution in [0.5, 0.6) is 5.75 Å². The first-order valence-corrected chi connectivity index (χ1v) is 7.71. The lowest BCUT2D eigenvalue weighted by atomic mass is 10.0. The number of carbonyl (C=O) groups is 1. The zero-order chi connectivity index (χ0) is 15.7. The quantitative estimate of drug-likeness (QED) is 0.802. The van der Waals surface area contributed by atoms with Gasteiger partial charge in [-0.15, -0.1) is 0 Å². The van der Waals surface area contributed by atoms with E-state index in [9.17, 15) is 9.90 Å². The third kappa shape index (κ3) is 2.84. The first kappa shape index (κ1) is 15.3. The normalized spacial score (nSPS) is 20.8. The second-order valence-corrected chi connectivity index (χ2v) is 5.87. The average molecular weight is 370 g/mol. The predicted octanol–water partition coefficient (Wildman–Crippen LogP) is 1.84. The number of hydrogen-bond acceptors (Lipinski definition) is 6. The van der Waals surface area contributed by atoms with E-state index in [1.165, 1.54) is 7.11 Å². The Labute approximate surface area is 136 Å². The lowest BCUT2D eigenvalue weighted by Gasteiger charge is -2.33. The number of aliphatic hydroxyl groups excluding tert-OH is 1. The number of rotatable bonds is 2. The van der Waals surface area contributed by atoms with Crippen molar-refractivity contribution in [3.63, 3.8) is 0 Å². The molecule has 6 nitrogen and oxygen atoms in total. The van der Waals surface area contributed by atoms with E-state index in [0.29, 0.717) is 53.5 Å². The Bertz CT molecular complexity index is 625. The fourth-order valence-electron chi connectivity index (χ4n) is 2.49. The van der Waals surface area contributed by atoms with Gasteiger partial charge in [0.15, 0.2) is 5.88 Å². The van der Waals surface area contributed by atoms with E-state index in [2.05, 4.69) is 15.9 Å². The summed E-state index contributed by atoms with van der Waals surface area (Å²) < 4.78 is 16.5. The third-order valence-electron chi connectivity index (χ3n) is 3.64. The molecule has 1 N–H and O–H groups in total. The molecule has 0 aliphatic carbocycles. The van der Waals surface area contributed by atoms with Gasteiger partial charge in [-0.25, -0.2) is 4.79 Å². The minimum absolute atomic E-state index is 0.360. The van der Waals surface area contributed by atoms with Crippen molar-refractivity contribution in [1.29, 1.82) is 0 Å². The molecular weight excluding hydrogens is 354 g/mol. The largest absolute Gasteiger partial charge is 0.465 e. The van der Waals surface area contributed by atoms with E-state index >= 15 is 0 Å². The van der Waals surface area contributed by atoms with Crippen molar-refractivity contribution in [2.75, 3.05) is 33.4 Å². The summed E-state index contributed by atoms with van der Waals surface area (Å²) in [5.74, 6) is 0.664. The molecule has 0 amide bonds. The number of benzene rings is 1. The molecule has 2 heterocycles. The van der Waals surface area contributed by atoms with Crippen molar-refractivity contribution in [3.8, 4) is 5.75 Å². The maximum atomic E-state index is 11.7. The molecule has 2 aliphatic rings. The predicted molar refractivity (Wildman–Crippen MR) is 81.5 cm³/mol. The van der Waals surface area contributed by atoms with E-state index in [-0.39, 0.29) is 0 Å². The van der Waals surface area contributed by atoms with Gasteiger partial charge in [0.2, 0.25) is 0 Å². The third-order valence-corrected chi connectivity index (χ3v) is 4.23. The smallest absolute Gasteiger partial charge is 0.337 e. The first-order chi connectivity index (χ1) is 10.6. The van der Waals surface area contributed by atoms with Gasteiger partial charge >= 0.3 is 5.97 Å². The Hall–Kier alpha value is -1.57. The molecule has 1 fully saturated rings. The molecule has 3 rings (SSSR count). The van der Waals surface area contributed by atoms with E-state index in [1.54, 1.807) is 18.2 Å². The number of halogens is 1. The highest BCUT2D eigenvalue weighted by Crippen LogP contribution is 2.40. The molecule has 7 heteroatoms. The van der Waals surface area contributed by atoms with Crippen LogP contribution >= 0.6 is 15.9 Å². The number of carbonyl (C=O) groups excluding carboxylic acids is 1. The molecule has 1 aromatic carbocycles. The maximum absolute atomic E-state index is 11.7. The number of methoxy groups -OCH3 is 1. The van der Waals surface area contributed by atoms with Gasteiger partial charge in [-0.05, 0) is 28.1 Å². The molecule has 0 bridgehead atoms. The van der Waals surface area contributed by atoms with Crippen molar-refractivity contribution in [3.05, 3.63) is 39.7 Å². The number of hydrogen-bond donors (Lipinski definition) is 1. The van der Waals surface area contributed by atoms with Gasteiger partial charge in [-0.2, -0.15) is 0 Å². The van der Waals surface area contributed by atoms with Crippen LogP contribution in [0.25, 0.3) is 0 Å². The summed E-state index contributed by atoms with van der Waals surface area (Å²) >= 11 is 3.40. The lowest BCUT2D eigenvalue weighted by molar-refractivity contribution is 0.0308. The SMILES string of the molecule is COC(=O)c1cc(Br)c2c(c1)C(O)C=C(N1CCOCC1)O2. The van der Waals surface area contributed by atoms with Crippen molar-refractivity contribution in [2.24, 2.45) is 0 Å². The van der Waals surface area contributed by atoms with E-state index in [0.717, 1.165) is 0 Å². The van der Waals surface area contributed by atoms with Gasteiger partial charge < -0.3 is 24.2 Å². The molecule has 118 valence electrons. The van der Waals surface area contributed by atoms with Gasteiger partial charge in [0, 0.05) is 24.7 Å². The molecule has 0 radical (unpaired) electrons. The van der Waals surface area contributed by atoms with Crippen LogP contribution in [0, 0.1) is 0 Å². The first-order valence-electron chi connectivity index (χ1n) is 6.92. The minimum Gasteiger partial charge on any atom is -0.465 e. The van der Waals surface area contributed by atoms with Gasteiger partial charge in [0.25, 0.3) is 0 Å². The van der Waals surface area contributed by atoms with E-state index in [4.69, 9.17) is 14.2 Å². The molecule has 0 spiro atoms. The molecule has 1 unspecified atom stereocenters. The summed E-state index contributed by atoms with van der Waals surface area (Å²) in [5.41, 5.74) is 0.894. The molecule has 2 aliphatic heterocycles. The summed E-state index contributed by atoms with van der Waals surface area (Å²) in [6.45, 7) is 2.69. The van der Waals surface area contributed by atoms with Crippen LogP contribution in [0.2, 0.25) is 0 Å². The van der Waals surface area contributed by atoms with Crippen molar-refractivity contribution in [2.45, 2.75) is 6.10 Å². The average Bonchev–Trinajstić information content (AvgIpc) is 2.55. The highest BCUT2D eigenvalue weighted by atomic mass is 79.9. The maximum Gasteiger partial charge on any atom is 0.337 e. The van der Waals surface area contributed by atoms with Gasteiger partial charge in [-0.1, -0.05) is 0 Å². The summed E-state index contributed by atoms with van der Waals surface area (Å²) in [6.07, 6.45) is 0.795. The summed E-state index contributed by atoms with van der Waals surface area (Å²) in [7, 11) is 1.32. The van der Waals surface area contributed by atoms with Gasteiger partial charge in [0.05, 0.1) is 30.4 Å². The zero-order valence-corrected chi connectivity index (χ0v) is 13.6. The second-order valence-electron chi connectivity index (χ2n) is 5.02. The van der Waals surface area contributed by atoms with Gasteiger partial charge in [-0.3, -0.25) is 0 Å². The number of morpholine rings is 1. The highest BCUT2D eigenvalue weighted by molar-refractivity contribution is 9.10. The Kier molecular flexibility index (Phi) is 4.37. The van der Waals surface area contributed by atoms with Crippen LogP contribution in [0.4, 0.5) is 0 Å².